The molecular formula is C20H24ClN4O2+. The molecule has 0 aliphatic heterocycles. The van der Waals surface area contributed by atoms with Gasteiger partial charge in [0.15, 0.2) is 5.76 Å². The normalized spacial score (nSPS) is 11.1. The number of hydrogen-bond donors (Lipinski definition) is 1. The molecule has 0 saturated carbocycles. The zero-order chi connectivity index (χ0) is 19.2. The van der Waals surface area contributed by atoms with E-state index in [9.17, 15) is 4.79 Å². The van der Waals surface area contributed by atoms with Crippen LogP contribution in [0, 0.1) is 0 Å². The summed E-state index contributed by atoms with van der Waals surface area (Å²) in [7, 11) is 4.13. The van der Waals surface area contributed by atoms with E-state index in [1.54, 1.807) is 23.2 Å². The number of furan rings is 1. The molecule has 1 amide bonds. The maximum atomic E-state index is 12.8. The smallest absolute Gasteiger partial charge is 0.290 e. The highest BCUT2D eigenvalue weighted by Crippen LogP contribution is 2.14. The second-order valence-electron chi connectivity index (χ2n) is 6.76. The fourth-order valence-corrected chi connectivity index (χ4v) is 3.02. The van der Waals surface area contributed by atoms with E-state index in [-0.39, 0.29) is 5.91 Å². The number of nitrogens with one attached hydrogen (secondary N) is 1. The van der Waals surface area contributed by atoms with Crippen LogP contribution in [0.15, 0.2) is 59.5 Å². The molecule has 3 aromatic rings. The molecule has 0 bridgehead atoms. The Balaban J connectivity index is 1.77. The van der Waals surface area contributed by atoms with E-state index in [0.717, 1.165) is 17.9 Å². The van der Waals surface area contributed by atoms with E-state index in [1.165, 1.54) is 11.2 Å². The predicted molar refractivity (Wildman–Crippen MR) is 104 cm³/mol. The van der Waals surface area contributed by atoms with E-state index in [1.807, 2.05) is 35.0 Å². The summed E-state index contributed by atoms with van der Waals surface area (Å²) < 4.78 is 7.34. The third-order valence-corrected chi connectivity index (χ3v) is 4.51. The minimum atomic E-state index is -0.126. The molecule has 2 heterocycles. The molecule has 0 aliphatic carbocycles. The molecular weight excluding hydrogens is 364 g/mol. The highest BCUT2D eigenvalue weighted by Gasteiger charge is 2.21. The number of carbonyl (C=O) groups excluding carboxylic acids is 1. The molecule has 142 valence electrons. The van der Waals surface area contributed by atoms with Crippen molar-refractivity contribution in [3.63, 3.8) is 0 Å². The van der Waals surface area contributed by atoms with Crippen LogP contribution in [0.3, 0.4) is 0 Å². The zero-order valence-electron chi connectivity index (χ0n) is 15.6. The van der Waals surface area contributed by atoms with Crippen molar-refractivity contribution in [2.45, 2.75) is 13.1 Å². The van der Waals surface area contributed by atoms with Crippen molar-refractivity contribution in [1.82, 2.24) is 14.5 Å². The summed E-state index contributed by atoms with van der Waals surface area (Å²) in [5, 5.41) is 0.706. The van der Waals surface area contributed by atoms with Crippen LogP contribution in [0.2, 0.25) is 5.02 Å². The molecule has 1 N–H and O–H groups in total. The Labute approximate surface area is 164 Å². The largest absolute Gasteiger partial charge is 0.459 e. The number of quaternary nitrogens is 1. The minimum absolute atomic E-state index is 0.126. The van der Waals surface area contributed by atoms with Crippen molar-refractivity contribution in [1.29, 1.82) is 0 Å². The molecule has 2 aromatic heterocycles. The van der Waals surface area contributed by atoms with Crippen molar-refractivity contribution in [2.75, 3.05) is 27.2 Å². The minimum Gasteiger partial charge on any atom is -0.459 e. The number of benzene rings is 1. The Morgan fingerprint density at radius 3 is 2.85 bits per heavy atom. The van der Waals surface area contributed by atoms with Gasteiger partial charge in [0, 0.05) is 24.0 Å². The first-order valence-corrected chi connectivity index (χ1v) is 9.27. The van der Waals surface area contributed by atoms with Crippen LogP contribution in [0.1, 0.15) is 21.9 Å². The lowest BCUT2D eigenvalue weighted by atomic mass is 10.2. The topological polar surface area (TPSA) is 55.7 Å². The van der Waals surface area contributed by atoms with Crippen molar-refractivity contribution in [3.8, 4) is 0 Å². The molecule has 0 saturated heterocycles. The van der Waals surface area contributed by atoms with Gasteiger partial charge in [0.25, 0.3) is 5.91 Å². The Kier molecular flexibility index (Phi) is 6.32. The highest BCUT2D eigenvalue weighted by molar-refractivity contribution is 6.30. The summed E-state index contributed by atoms with van der Waals surface area (Å²) in [6.45, 7) is 2.52. The first-order valence-electron chi connectivity index (χ1n) is 8.89. The molecule has 6 nitrogen and oxygen atoms in total. The van der Waals surface area contributed by atoms with Gasteiger partial charge in [-0.15, -0.1) is 0 Å². The van der Waals surface area contributed by atoms with E-state index in [4.69, 9.17) is 16.0 Å². The van der Waals surface area contributed by atoms with Crippen LogP contribution >= 0.6 is 11.6 Å². The average Bonchev–Trinajstić information content (AvgIpc) is 3.30. The first-order chi connectivity index (χ1) is 13.0. The second-order valence-corrected chi connectivity index (χ2v) is 7.20. The molecule has 0 atom stereocenters. The van der Waals surface area contributed by atoms with Gasteiger partial charge in [-0.3, -0.25) is 4.79 Å². The van der Waals surface area contributed by atoms with Crippen LogP contribution in [0.25, 0.3) is 0 Å². The first kappa shape index (κ1) is 19.2. The van der Waals surface area contributed by atoms with E-state index < -0.39 is 0 Å². The molecule has 7 heteroatoms. The van der Waals surface area contributed by atoms with Gasteiger partial charge >= 0.3 is 0 Å². The molecule has 3 rings (SSSR count). The molecule has 0 aliphatic rings. The maximum absolute atomic E-state index is 12.8. The highest BCUT2D eigenvalue weighted by atomic mass is 35.5. The number of aromatic nitrogens is 2. The van der Waals surface area contributed by atoms with Gasteiger partial charge in [0.2, 0.25) is 0 Å². The molecule has 0 spiro atoms. The van der Waals surface area contributed by atoms with Gasteiger partial charge in [-0.25, -0.2) is 4.98 Å². The van der Waals surface area contributed by atoms with Gasteiger partial charge in [-0.05, 0) is 29.8 Å². The predicted octanol–water partition coefficient (Wildman–Crippen LogP) is 1.96. The summed E-state index contributed by atoms with van der Waals surface area (Å²) in [4.78, 5) is 20.3. The number of likely N-dealkylation sites (N-methyl/N-ethyl adjacent to an activating group) is 1. The quantitative estimate of drug-likeness (QED) is 0.643. The van der Waals surface area contributed by atoms with Crippen molar-refractivity contribution < 1.29 is 14.1 Å². The third-order valence-electron chi connectivity index (χ3n) is 4.28. The lowest BCUT2D eigenvalue weighted by Gasteiger charge is -2.22. The van der Waals surface area contributed by atoms with E-state index >= 15 is 0 Å². The summed E-state index contributed by atoms with van der Waals surface area (Å²) >= 11 is 6.09. The van der Waals surface area contributed by atoms with Crippen LogP contribution in [-0.4, -0.2) is 47.5 Å². The summed E-state index contributed by atoms with van der Waals surface area (Å²) in [6, 6.07) is 11.2. The number of nitrogens with zero attached hydrogens (tertiary/aromatic N) is 3. The molecule has 0 radical (unpaired) electrons. The van der Waals surface area contributed by atoms with Crippen LogP contribution in [-0.2, 0) is 13.1 Å². The van der Waals surface area contributed by atoms with Gasteiger partial charge in [0.05, 0.1) is 40.0 Å². The standard InChI is InChI=1S/C20H23ClN4O2/c1-23(2)10-11-25(20(26)18-7-4-12-27-18)15-19-22-8-9-24(19)14-16-5-3-6-17(21)13-16/h3-9,12-13H,10-11,14-15H2,1-2H3/p+1. The number of hydrogen-bond acceptors (Lipinski definition) is 3. The maximum Gasteiger partial charge on any atom is 0.290 e. The Hall–Kier alpha value is -2.57. The molecule has 0 fully saturated rings. The third kappa shape index (κ3) is 5.21. The Morgan fingerprint density at radius 2 is 2.15 bits per heavy atom. The Morgan fingerprint density at radius 1 is 1.30 bits per heavy atom. The fraction of sp³-hybridized carbons (Fsp3) is 0.300. The van der Waals surface area contributed by atoms with Crippen molar-refractivity contribution in [3.05, 3.63) is 77.2 Å². The number of amides is 1. The van der Waals surface area contributed by atoms with Gasteiger partial charge < -0.3 is 18.8 Å². The van der Waals surface area contributed by atoms with Crippen LogP contribution in [0.4, 0.5) is 0 Å². The monoisotopic (exact) mass is 387 g/mol. The van der Waals surface area contributed by atoms with Crippen molar-refractivity contribution in [2.24, 2.45) is 0 Å². The van der Waals surface area contributed by atoms with Gasteiger partial charge in [0.1, 0.15) is 5.82 Å². The number of rotatable bonds is 8. The average molecular weight is 388 g/mol. The number of imidazole rings is 1. The number of carbonyl (C=O) groups is 1. The SMILES string of the molecule is C[NH+](C)CCN(Cc1nccn1Cc1cccc(Cl)c1)C(=O)c1ccco1. The zero-order valence-corrected chi connectivity index (χ0v) is 16.3. The Bertz CT molecular complexity index is 874. The van der Waals surface area contributed by atoms with E-state index in [2.05, 4.69) is 19.1 Å². The summed E-state index contributed by atoms with van der Waals surface area (Å²) in [5.74, 6) is 1.04. The van der Waals surface area contributed by atoms with Crippen molar-refractivity contribution >= 4 is 17.5 Å². The number of halogens is 1. The molecule has 0 unspecified atom stereocenters. The fourth-order valence-electron chi connectivity index (χ4n) is 2.81. The lowest BCUT2D eigenvalue weighted by Crippen LogP contribution is -3.06. The van der Waals surface area contributed by atoms with Gasteiger partial charge in [-0.2, -0.15) is 0 Å². The summed E-state index contributed by atoms with van der Waals surface area (Å²) in [5.41, 5.74) is 1.09. The van der Waals surface area contributed by atoms with Crippen LogP contribution in [0.5, 0.6) is 0 Å². The lowest BCUT2D eigenvalue weighted by molar-refractivity contribution is -0.857. The van der Waals surface area contributed by atoms with E-state index in [0.29, 0.717) is 30.4 Å². The second kappa shape index (κ2) is 8.88. The van der Waals surface area contributed by atoms with Crippen LogP contribution < -0.4 is 4.90 Å². The summed E-state index contributed by atoms with van der Waals surface area (Å²) in [6.07, 6.45) is 5.19. The molecule has 27 heavy (non-hydrogen) atoms. The molecule has 1 aromatic carbocycles. The van der Waals surface area contributed by atoms with Gasteiger partial charge in [-0.1, -0.05) is 23.7 Å².